The van der Waals surface area contributed by atoms with E-state index in [0.717, 1.165) is 25.8 Å². The lowest BCUT2D eigenvalue weighted by Gasteiger charge is -2.44. The smallest absolute Gasteiger partial charge is 0.223 e. The van der Waals surface area contributed by atoms with Crippen molar-refractivity contribution >= 4 is 5.91 Å². The van der Waals surface area contributed by atoms with Crippen LogP contribution in [0.15, 0.2) is 30.3 Å². The summed E-state index contributed by atoms with van der Waals surface area (Å²) in [6.07, 6.45) is 4.71. The standard InChI is InChI=1S/C16H24N2O/c1-16(13-17)11-5-6-12-18(16)15(19)10-9-14-7-3-2-4-8-14/h2-4,7-8H,5-6,9-13,17H2,1H3. The van der Waals surface area contributed by atoms with Gasteiger partial charge in [0.05, 0.1) is 5.54 Å². The lowest BCUT2D eigenvalue weighted by molar-refractivity contribution is -0.138. The molecule has 104 valence electrons. The number of hydrogen-bond acceptors (Lipinski definition) is 2. The molecule has 1 amide bonds. The first-order valence-electron chi connectivity index (χ1n) is 7.20. The van der Waals surface area contributed by atoms with E-state index in [1.807, 2.05) is 23.1 Å². The molecule has 1 fully saturated rings. The highest BCUT2D eigenvalue weighted by Crippen LogP contribution is 2.27. The van der Waals surface area contributed by atoms with Gasteiger partial charge >= 0.3 is 0 Å². The summed E-state index contributed by atoms with van der Waals surface area (Å²) in [5.41, 5.74) is 6.97. The molecule has 1 saturated heterocycles. The van der Waals surface area contributed by atoms with Gasteiger partial charge in [0.15, 0.2) is 0 Å². The van der Waals surface area contributed by atoms with Crippen LogP contribution in [0.5, 0.6) is 0 Å². The van der Waals surface area contributed by atoms with Crippen LogP contribution in [0.25, 0.3) is 0 Å². The first-order valence-corrected chi connectivity index (χ1v) is 7.20. The maximum Gasteiger partial charge on any atom is 0.223 e. The van der Waals surface area contributed by atoms with Crippen molar-refractivity contribution < 1.29 is 4.79 Å². The van der Waals surface area contributed by atoms with E-state index < -0.39 is 0 Å². The van der Waals surface area contributed by atoms with E-state index in [1.54, 1.807) is 0 Å². The molecule has 3 heteroatoms. The second kappa shape index (κ2) is 6.20. The zero-order valence-corrected chi connectivity index (χ0v) is 11.8. The highest BCUT2D eigenvalue weighted by atomic mass is 16.2. The van der Waals surface area contributed by atoms with Crippen molar-refractivity contribution in [3.05, 3.63) is 35.9 Å². The van der Waals surface area contributed by atoms with E-state index in [-0.39, 0.29) is 11.4 Å². The fraction of sp³-hybridized carbons (Fsp3) is 0.562. The lowest BCUT2D eigenvalue weighted by Crippen LogP contribution is -2.56. The van der Waals surface area contributed by atoms with E-state index in [2.05, 4.69) is 19.1 Å². The van der Waals surface area contributed by atoms with Crippen LogP contribution >= 0.6 is 0 Å². The van der Waals surface area contributed by atoms with E-state index in [1.165, 1.54) is 12.0 Å². The molecule has 1 aliphatic heterocycles. The largest absolute Gasteiger partial charge is 0.336 e. The van der Waals surface area contributed by atoms with Crippen LogP contribution in [0.2, 0.25) is 0 Å². The number of carbonyl (C=O) groups excluding carboxylic acids is 1. The summed E-state index contributed by atoms with van der Waals surface area (Å²) in [7, 11) is 0. The number of nitrogens with two attached hydrogens (primary N) is 1. The van der Waals surface area contributed by atoms with Gasteiger partial charge < -0.3 is 10.6 Å². The number of aryl methyl sites for hydroxylation is 1. The minimum absolute atomic E-state index is 0.133. The third kappa shape index (κ3) is 3.35. The highest BCUT2D eigenvalue weighted by Gasteiger charge is 2.35. The second-order valence-corrected chi connectivity index (χ2v) is 5.69. The van der Waals surface area contributed by atoms with Gasteiger partial charge in [0.25, 0.3) is 0 Å². The van der Waals surface area contributed by atoms with Crippen LogP contribution < -0.4 is 5.73 Å². The van der Waals surface area contributed by atoms with E-state index in [4.69, 9.17) is 5.73 Å². The zero-order chi connectivity index (χ0) is 13.7. The van der Waals surface area contributed by atoms with Crippen molar-refractivity contribution in [2.24, 2.45) is 5.73 Å². The summed E-state index contributed by atoms with van der Waals surface area (Å²) < 4.78 is 0. The molecule has 1 atom stereocenters. The highest BCUT2D eigenvalue weighted by molar-refractivity contribution is 5.77. The second-order valence-electron chi connectivity index (χ2n) is 5.69. The normalized spacial score (nSPS) is 23.4. The molecule has 19 heavy (non-hydrogen) atoms. The van der Waals surface area contributed by atoms with Crippen molar-refractivity contribution in [2.75, 3.05) is 13.1 Å². The maximum absolute atomic E-state index is 12.4. The predicted molar refractivity (Wildman–Crippen MR) is 77.8 cm³/mol. The monoisotopic (exact) mass is 260 g/mol. The maximum atomic E-state index is 12.4. The topological polar surface area (TPSA) is 46.3 Å². The Kier molecular flexibility index (Phi) is 4.59. The Balaban J connectivity index is 1.95. The fourth-order valence-electron chi connectivity index (χ4n) is 2.85. The quantitative estimate of drug-likeness (QED) is 0.903. The van der Waals surface area contributed by atoms with Crippen LogP contribution in [0.1, 0.15) is 38.2 Å². The SMILES string of the molecule is CC1(CN)CCCCN1C(=O)CCc1ccccc1. The fourth-order valence-corrected chi connectivity index (χ4v) is 2.85. The summed E-state index contributed by atoms with van der Waals surface area (Å²) in [4.78, 5) is 14.4. The summed E-state index contributed by atoms with van der Waals surface area (Å²) in [5, 5.41) is 0. The third-order valence-electron chi connectivity index (χ3n) is 4.21. The summed E-state index contributed by atoms with van der Waals surface area (Å²) >= 11 is 0. The van der Waals surface area contributed by atoms with Crippen molar-refractivity contribution in [3.8, 4) is 0 Å². The number of nitrogens with zero attached hydrogens (tertiary/aromatic N) is 1. The average molecular weight is 260 g/mol. The van der Waals surface area contributed by atoms with Crippen molar-refractivity contribution in [3.63, 3.8) is 0 Å². The minimum Gasteiger partial charge on any atom is -0.336 e. The zero-order valence-electron chi connectivity index (χ0n) is 11.8. The number of amides is 1. The number of likely N-dealkylation sites (tertiary alicyclic amines) is 1. The number of benzene rings is 1. The molecule has 2 rings (SSSR count). The third-order valence-corrected chi connectivity index (χ3v) is 4.21. The van der Waals surface area contributed by atoms with Crippen LogP contribution in [0.4, 0.5) is 0 Å². The van der Waals surface area contributed by atoms with Crippen LogP contribution in [0.3, 0.4) is 0 Å². The molecule has 1 aromatic rings. The Morgan fingerprint density at radius 3 is 2.74 bits per heavy atom. The molecular weight excluding hydrogens is 236 g/mol. The number of piperidine rings is 1. The Morgan fingerprint density at radius 1 is 1.32 bits per heavy atom. The molecule has 2 N–H and O–H groups in total. The van der Waals surface area contributed by atoms with E-state index in [9.17, 15) is 4.79 Å². The Labute approximate surface area is 115 Å². The molecule has 1 aliphatic rings. The van der Waals surface area contributed by atoms with E-state index >= 15 is 0 Å². The number of rotatable bonds is 4. The molecule has 0 saturated carbocycles. The van der Waals surface area contributed by atoms with Gasteiger partial charge in [0.1, 0.15) is 0 Å². The van der Waals surface area contributed by atoms with Crippen molar-refractivity contribution in [1.82, 2.24) is 4.90 Å². The number of hydrogen-bond donors (Lipinski definition) is 1. The van der Waals surface area contributed by atoms with Crippen molar-refractivity contribution in [2.45, 2.75) is 44.6 Å². The molecule has 0 bridgehead atoms. The lowest BCUT2D eigenvalue weighted by atomic mass is 9.88. The summed E-state index contributed by atoms with van der Waals surface area (Å²) in [6.45, 7) is 3.54. The Hall–Kier alpha value is -1.35. The molecule has 1 aromatic carbocycles. The van der Waals surface area contributed by atoms with Crippen LogP contribution in [-0.4, -0.2) is 29.4 Å². The predicted octanol–water partition coefficient (Wildman–Crippen LogP) is 2.35. The first kappa shape index (κ1) is 14.1. The van der Waals surface area contributed by atoms with Gasteiger partial charge in [-0.15, -0.1) is 0 Å². The molecule has 0 aliphatic carbocycles. The van der Waals surface area contributed by atoms with Crippen molar-refractivity contribution in [1.29, 1.82) is 0 Å². The van der Waals surface area contributed by atoms with Gasteiger partial charge in [0, 0.05) is 19.5 Å². The van der Waals surface area contributed by atoms with Gasteiger partial charge in [-0.25, -0.2) is 0 Å². The first-order chi connectivity index (χ1) is 9.15. The summed E-state index contributed by atoms with van der Waals surface area (Å²) in [5.74, 6) is 0.247. The van der Waals surface area contributed by atoms with Gasteiger partial charge in [-0.3, -0.25) is 4.79 Å². The molecule has 1 heterocycles. The molecule has 3 nitrogen and oxygen atoms in total. The molecule has 1 unspecified atom stereocenters. The molecular formula is C16H24N2O. The molecule has 0 spiro atoms. The Morgan fingerprint density at radius 2 is 2.05 bits per heavy atom. The molecule has 0 aromatic heterocycles. The van der Waals surface area contributed by atoms with Gasteiger partial charge in [-0.2, -0.15) is 0 Å². The minimum atomic E-state index is -0.133. The van der Waals surface area contributed by atoms with Gasteiger partial charge in [-0.1, -0.05) is 30.3 Å². The number of carbonyl (C=O) groups is 1. The molecule has 0 radical (unpaired) electrons. The summed E-state index contributed by atoms with van der Waals surface area (Å²) in [6, 6.07) is 10.2. The van der Waals surface area contributed by atoms with Crippen LogP contribution in [0, 0.1) is 0 Å². The van der Waals surface area contributed by atoms with Crippen LogP contribution in [-0.2, 0) is 11.2 Å². The van der Waals surface area contributed by atoms with E-state index in [0.29, 0.717) is 13.0 Å². The Bertz CT molecular complexity index is 418. The van der Waals surface area contributed by atoms with Gasteiger partial charge in [0.2, 0.25) is 5.91 Å². The van der Waals surface area contributed by atoms with Gasteiger partial charge in [-0.05, 0) is 38.2 Å². The average Bonchev–Trinajstić information content (AvgIpc) is 2.46.